The Labute approximate surface area is 144 Å². The SMILES string of the molecule is Oc1cc(/C=C/c2c(F)cc(F)cc2F)cc(O)c1C1CCCCC1. The normalized spacial score (nSPS) is 15.8. The van der Waals surface area contributed by atoms with Crippen molar-refractivity contribution in [3.8, 4) is 11.5 Å². The molecule has 0 heterocycles. The van der Waals surface area contributed by atoms with Crippen LogP contribution in [-0.2, 0) is 0 Å². The first-order valence-electron chi connectivity index (χ1n) is 8.34. The second-order valence-electron chi connectivity index (χ2n) is 6.42. The molecule has 1 aliphatic rings. The van der Waals surface area contributed by atoms with E-state index in [2.05, 4.69) is 0 Å². The van der Waals surface area contributed by atoms with Crippen LogP contribution in [0.1, 0.15) is 54.7 Å². The van der Waals surface area contributed by atoms with Crippen molar-refractivity contribution in [1.29, 1.82) is 0 Å². The van der Waals surface area contributed by atoms with E-state index in [1.807, 2.05) is 0 Å². The molecule has 0 bridgehead atoms. The number of rotatable bonds is 3. The maximum Gasteiger partial charge on any atom is 0.136 e. The van der Waals surface area contributed by atoms with Crippen LogP contribution >= 0.6 is 0 Å². The zero-order chi connectivity index (χ0) is 18.0. The van der Waals surface area contributed by atoms with Gasteiger partial charge in [0.25, 0.3) is 0 Å². The van der Waals surface area contributed by atoms with Gasteiger partial charge in [0.1, 0.15) is 29.0 Å². The summed E-state index contributed by atoms with van der Waals surface area (Å²) in [6.45, 7) is 0. The Hall–Kier alpha value is -2.43. The maximum absolute atomic E-state index is 13.6. The van der Waals surface area contributed by atoms with Gasteiger partial charge in [-0.05, 0) is 42.5 Å². The molecule has 132 valence electrons. The first-order valence-corrected chi connectivity index (χ1v) is 8.34. The summed E-state index contributed by atoms with van der Waals surface area (Å²) in [4.78, 5) is 0. The minimum Gasteiger partial charge on any atom is -0.507 e. The third-order valence-electron chi connectivity index (χ3n) is 4.66. The van der Waals surface area contributed by atoms with Crippen molar-refractivity contribution < 1.29 is 23.4 Å². The molecule has 0 unspecified atom stereocenters. The minimum absolute atomic E-state index is 0.0217. The molecule has 0 spiro atoms. The predicted octanol–water partition coefficient (Wildman–Crippen LogP) is 5.73. The van der Waals surface area contributed by atoms with Crippen LogP contribution in [0.5, 0.6) is 11.5 Å². The summed E-state index contributed by atoms with van der Waals surface area (Å²) in [5.41, 5.74) is 0.561. The monoisotopic (exact) mass is 348 g/mol. The van der Waals surface area contributed by atoms with Crippen LogP contribution in [0.15, 0.2) is 24.3 Å². The number of phenolic OH excluding ortho intramolecular Hbond substituents is 2. The molecule has 0 aliphatic heterocycles. The van der Waals surface area contributed by atoms with Crippen LogP contribution in [0.2, 0.25) is 0 Å². The number of phenols is 2. The fourth-order valence-corrected chi connectivity index (χ4v) is 3.44. The average Bonchev–Trinajstić information content (AvgIpc) is 2.54. The molecule has 25 heavy (non-hydrogen) atoms. The number of hydrogen-bond donors (Lipinski definition) is 2. The third-order valence-corrected chi connectivity index (χ3v) is 4.66. The van der Waals surface area contributed by atoms with Crippen molar-refractivity contribution in [3.05, 3.63) is 58.4 Å². The molecule has 1 aliphatic carbocycles. The van der Waals surface area contributed by atoms with E-state index in [0.29, 0.717) is 23.3 Å². The molecule has 2 nitrogen and oxygen atoms in total. The van der Waals surface area contributed by atoms with E-state index in [1.54, 1.807) is 0 Å². The van der Waals surface area contributed by atoms with Crippen LogP contribution in [0.4, 0.5) is 13.2 Å². The Morgan fingerprint density at radius 3 is 1.92 bits per heavy atom. The van der Waals surface area contributed by atoms with Crippen molar-refractivity contribution in [2.24, 2.45) is 0 Å². The Balaban J connectivity index is 1.89. The highest BCUT2D eigenvalue weighted by atomic mass is 19.1. The molecular weight excluding hydrogens is 329 g/mol. The van der Waals surface area contributed by atoms with Crippen molar-refractivity contribution in [1.82, 2.24) is 0 Å². The van der Waals surface area contributed by atoms with Crippen molar-refractivity contribution in [2.45, 2.75) is 38.0 Å². The molecule has 3 rings (SSSR count). The Kier molecular flexibility index (Phi) is 5.02. The van der Waals surface area contributed by atoms with E-state index in [1.165, 1.54) is 18.2 Å². The molecule has 2 aromatic rings. The first kappa shape index (κ1) is 17.4. The van der Waals surface area contributed by atoms with Crippen molar-refractivity contribution >= 4 is 12.2 Å². The van der Waals surface area contributed by atoms with E-state index < -0.39 is 17.5 Å². The average molecular weight is 348 g/mol. The van der Waals surface area contributed by atoms with Gasteiger partial charge in [-0.1, -0.05) is 25.3 Å². The first-order chi connectivity index (χ1) is 12.0. The highest BCUT2D eigenvalue weighted by Crippen LogP contribution is 2.42. The summed E-state index contributed by atoms with van der Waals surface area (Å²) in [6.07, 6.45) is 7.64. The second-order valence-corrected chi connectivity index (χ2v) is 6.42. The number of hydrogen-bond acceptors (Lipinski definition) is 2. The van der Waals surface area contributed by atoms with Gasteiger partial charge < -0.3 is 10.2 Å². The second kappa shape index (κ2) is 7.21. The van der Waals surface area contributed by atoms with Gasteiger partial charge in [0, 0.05) is 23.3 Å². The van der Waals surface area contributed by atoms with Gasteiger partial charge in [-0.3, -0.25) is 0 Å². The molecule has 0 aromatic heterocycles. The maximum atomic E-state index is 13.6. The summed E-state index contributed by atoms with van der Waals surface area (Å²) < 4.78 is 40.2. The highest BCUT2D eigenvalue weighted by molar-refractivity contribution is 5.72. The van der Waals surface area contributed by atoms with E-state index in [4.69, 9.17) is 0 Å². The van der Waals surface area contributed by atoms with E-state index >= 15 is 0 Å². The molecule has 2 aromatic carbocycles. The van der Waals surface area contributed by atoms with Gasteiger partial charge in [0.15, 0.2) is 0 Å². The van der Waals surface area contributed by atoms with Crippen LogP contribution in [-0.4, -0.2) is 10.2 Å². The molecule has 0 saturated heterocycles. The lowest BCUT2D eigenvalue weighted by Crippen LogP contribution is -2.05. The lowest BCUT2D eigenvalue weighted by atomic mass is 9.83. The summed E-state index contributed by atoms with van der Waals surface area (Å²) in [7, 11) is 0. The number of benzene rings is 2. The minimum atomic E-state index is -1.01. The van der Waals surface area contributed by atoms with Gasteiger partial charge in [0.05, 0.1) is 0 Å². The molecular formula is C20H19F3O2. The van der Waals surface area contributed by atoms with Gasteiger partial charge in [-0.15, -0.1) is 0 Å². The summed E-state index contributed by atoms with van der Waals surface area (Å²) >= 11 is 0. The van der Waals surface area contributed by atoms with Crippen LogP contribution in [0.3, 0.4) is 0 Å². The van der Waals surface area contributed by atoms with Gasteiger partial charge >= 0.3 is 0 Å². The van der Waals surface area contributed by atoms with Crippen LogP contribution in [0, 0.1) is 17.5 Å². The van der Waals surface area contributed by atoms with Gasteiger partial charge in [-0.25, -0.2) is 13.2 Å². The fourth-order valence-electron chi connectivity index (χ4n) is 3.44. The standard InChI is InChI=1S/C20H19F3O2/c21-14-10-16(22)15(17(23)11-14)7-6-12-8-18(24)20(19(25)9-12)13-4-2-1-3-5-13/h6-11,13,24-25H,1-5H2/b7-6+. The fraction of sp³-hybridized carbons (Fsp3) is 0.300. The largest absolute Gasteiger partial charge is 0.507 e. The van der Waals surface area contributed by atoms with E-state index in [-0.39, 0.29) is 23.0 Å². The highest BCUT2D eigenvalue weighted by Gasteiger charge is 2.22. The predicted molar refractivity (Wildman–Crippen MR) is 90.8 cm³/mol. The zero-order valence-electron chi connectivity index (χ0n) is 13.6. The van der Waals surface area contributed by atoms with Gasteiger partial charge in [-0.2, -0.15) is 0 Å². The smallest absolute Gasteiger partial charge is 0.136 e. The van der Waals surface area contributed by atoms with Crippen molar-refractivity contribution in [2.75, 3.05) is 0 Å². The molecule has 5 heteroatoms. The van der Waals surface area contributed by atoms with Gasteiger partial charge in [0.2, 0.25) is 0 Å². The van der Waals surface area contributed by atoms with Crippen LogP contribution in [0.25, 0.3) is 12.2 Å². The molecule has 2 N–H and O–H groups in total. The topological polar surface area (TPSA) is 40.5 Å². The molecule has 0 atom stereocenters. The zero-order valence-corrected chi connectivity index (χ0v) is 13.6. The lowest BCUT2D eigenvalue weighted by Gasteiger charge is -2.23. The Bertz CT molecular complexity index is 763. The Morgan fingerprint density at radius 2 is 1.36 bits per heavy atom. The summed E-state index contributed by atoms with van der Waals surface area (Å²) in [5, 5.41) is 20.6. The third kappa shape index (κ3) is 3.81. The molecule has 0 amide bonds. The summed E-state index contributed by atoms with van der Waals surface area (Å²) in [6, 6.07) is 4.12. The lowest BCUT2D eigenvalue weighted by molar-refractivity contribution is 0.389. The quantitative estimate of drug-likeness (QED) is 0.695. The number of halogens is 3. The van der Waals surface area contributed by atoms with E-state index in [0.717, 1.165) is 38.2 Å². The van der Waals surface area contributed by atoms with E-state index in [9.17, 15) is 23.4 Å². The van der Waals surface area contributed by atoms with Crippen molar-refractivity contribution in [3.63, 3.8) is 0 Å². The number of aromatic hydroxyl groups is 2. The molecule has 0 radical (unpaired) electrons. The summed E-state index contributed by atoms with van der Waals surface area (Å²) in [5.74, 6) is -2.93. The Morgan fingerprint density at radius 1 is 0.800 bits per heavy atom. The molecule has 1 fully saturated rings. The van der Waals surface area contributed by atoms with Crippen LogP contribution < -0.4 is 0 Å². The molecule has 1 saturated carbocycles.